The molecule has 2 N–H and O–H groups in total. The Bertz CT molecular complexity index is 807. The number of hydrogen-bond donors (Lipinski definition) is 2. The van der Waals surface area contributed by atoms with Crippen molar-refractivity contribution in [3.05, 3.63) is 37.2 Å². The first-order valence-electron chi connectivity index (χ1n) is 6.28. The lowest BCUT2D eigenvalue weighted by Gasteiger charge is -1.90. The SMILES string of the molecule is c1cnc(-c2n[nH]c(-c3nc(-c4cnccn4)n[nH]3)n2)cn1. The molecule has 0 aliphatic rings. The van der Waals surface area contributed by atoms with E-state index < -0.39 is 0 Å². The monoisotopic (exact) mass is 292 g/mol. The maximum atomic E-state index is 4.32. The molecule has 4 aromatic heterocycles. The quantitative estimate of drug-likeness (QED) is 0.557. The van der Waals surface area contributed by atoms with Gasteiger partial charge in [-0.1, -0.05) is 0 Å². The highest BCUT2D eigenvalue weighted by Crippen LogP contribution is 2.17. The van der Waals surface area contributed by atoms with Crippen LogP contribution in [0.15, 0.2) is 37.2 Å². The summed E-state index contributed by atoms with van der Waals surface area (Å²) in [6.07, 6.45) is 9.48. The van der Waals surface area contributed by atoms with Crippen LogP contribution < -0.4 is 0 Å². The largest absolute Gasteiger partial charge is 0.261 e. The average Bonchev–Trinajstić information content (AvgIpc) is 3.26. The zero-order valence-electron chi connectivity index (χ0n) is 11.0. The average molecular weight is 292 g/mol. The fourth-order valence-corrected chi connectivity index (χ4v) is 1.79. The van der Waals surface area contributed by atoms with Gasteiger partial charge in [0.05, 0.1) is 12.4 Å². The van der Waals surface area contributed by atoms with Crippen molar-refractivity contribution in [2.24, 2.45) is 0 Å². The molecule has 10 nitrogen and oxygen atoms in total. The summed E-state index contributed by atoms with van der Waals surface area (Å²) >= 11 is 0. The van der Waals surface area contributed by atoms with Gasteiger partial charge in [-0.2, -0.15) is 10.2 Å². The smallest absolute Gasteiger partial charge is 0.201 e. The zero-order valence-corrected chi connectivity index (χ0v) is 11.0. The molecule has 0 amide bonds. The third-order valence-electron chi connectivity index (χ3n) is 2.78. The van der Waals surface area contributed by atoms with Gasteiger partial charge < -0.3 is 0 Å². The Morgan fingerprint density at radius 2 is 1.14 bits per heavy atom. The van der Waals surface area contributed by atoms with Crippen LogP contribution in [-0.4, -0.2) is 50.3 Å². The Morgan fingerprint density at radius 1 is 0.636 bits per heavy atom. The molecule has 4 aromatic rings. The molecule has 0 fully saturated rings. The van der Waals surface area contributed by atoms with E-state index in [0.29, 0.717) is 34.7 Å². The van der Waals surface area contributed by atoms with Crippen LogP contribution in [0.25, 0.3) is 34.7 Å². The standard InChI is InChI=1S/C12H8N10/c1-3-15-7(5-13-1)9-17-11(21-19-9)12-18-10(20-22-12)8-6-14-2-4-16-8/h1-6H,(H,17,19,21)(H,18,20,22). The van der Waals surface area contributed by atoms with E-state index in [1.807, 2.05) is 0 Å². The van der Waals surface area contributed by atoms with Crippen LogP contribution >= 0.6 is 0 Å². The summed E-state index contributed by atoms with van der Waals surface area (Å²) in [6.45, 7) is 0. The summed E-state index contributed by atoms with van der Waals surface area (Å²) in [4.78, 5) is 24.9. The van der Waals surface area contributed by atoms with Crippen molar-refractivity contribution < 1.29 is 0 Å². The number of hydrogen-bond acceptors (Lipinski definition) is 8. The highest BCUT2D eigenvalue weighted by atomic mass is 15.3. The van der Waals surface area contributed by atoms with Crippen LogP contribution in [0.3, 0.4) is 0 Å². The first-order chi connectivity index (χ1) is 10.9. The highest BCUT2D eigenvalue weighted by Gasteiger charge is 2.14. The molecule has 4 heterocycles. The molecule has 0 spiro atoms. The zero-order chi connectivity index (χ0) is 14.8. The van der Waals surface area contributed by atoms with Crippen LogP contribution in [0.1, 0.15) is 0 Å². The van der Waals surface area contributed by atoms with Gasteiger partial charge in [0.1, 0.15) is 11.4 Å². The predicted molar refractivity (Wildman–Crippen MR) is 73.8 cm³/mol. The van der Waals surface area contributed by atoms with E-state index in [1.54, 1.807) is 37.2 Å². The van der Waals surface area contributed by atoms with Gasteiger partial charge in [-0.25, -0.2) is 19.9 Å². The van der Waals surface area contributed by atoms with E-state index in [-0.39, 0.29) is 0 Å². The van der Waals surface area contributed by atoms with Gasteiger partial charge in [-0.3, -0.25) is 20.2 Å². The van der Waals surface area contributed by atoms with E-state index in [1.165, 1.54) is 0 Å². The Hall–Kier alpha value is -3.56. The molecular weight excluding hydrogens is 284 g/mol. The van der Waals surface area contributed by atoms with Crippen molar-refractivity contribution in [2.45, 2.75) is 0 Å². The molecule has 0 saturated heterocycles. The fraction of sp³-hybridized carbons (Fsp3) is 0. The fourth-order valence-electron chi connectivity index (χ4n) is 1.79. The van der Waals surface area contributed by atoms with Crippen molar-refractivity contribution in [2.75, 3.05) is 0 Å². The normalized spacial score (nSPS) is 10.7. The minimum atomic E-state index is 0.431. The Labute approximate surface area is 123 Å². The molecule has 0 aliphatic heterocycles. The molecule has 0 bridgehead atoms. The summed E-state index contributed by atoms with van der Waals surface area (Å²) in [5, 5.41) is 13.8. The van der Waals surface area contributed by atoms with Crippen LogP contribution in [0.2, 0.25) is 0 Å². The van der Waals surface area contributed by atoms with E-state index >= 15 is 0 Å². The van der Waals surface area contributed by atoms with Gasteiger partial charge in [0.2, 0.25) is 11.6 Å². The predicted octanol–water partition coefficient (Wildman–Crippen LogP) is 0.504. The third kappa shape index (κ3) is 2.18. The van der Waals surface area contributed by atoms with Gasteiger partial charge in [-0.05, 0) is 0 Å². The number of H-pyrrole nitrogens is 2. The highest BCUT2D eigenvalue weighted by molar-refractivity contribution is 5.55. The molecule has 0 saturated carbocycles. The lowest BCUT2D eigenvalue weighted by molar-refractivity contribution is 1.05. The summed E-state index contributed by atoms with van der Waals surface area (Å²) in [5.74, 6) is 1.76. The Kier molecular flexibility index (Phi) is 2.82. The minimum Gasteiger partial charge on any atom is -0.261 e. The van der Waals surface area contributed by atoms with Gasteiger partial charge in [0.25, 0.3) is 0 Å². The van der Waals surface area contributed by atoms with E-state index in [9.17, 15) is 0 Å². The first-order valence-corrected chi connectivity index (χ1v) is 6.28. The third-order valence-corrected chi connectivity index (χ3v) is 2.78. The number of aromatic amines is 2. The molecule has 22 heavy (non-hydrogen) atoms. The molecule has 0 radical (unpaired) electrons. The number of aromatic nitrogens is 10. The molecular formula is C12H8N10. The molecule has 106 valence electrons. The van der Waals surface area contributed by atoms with E-state index in [4.69, 9.17) is 0 Å². The van der Waals surface area contributed by atoms with Crippen molar-refractivity contribution in [1.29, 1.82) is 0 Å². The van der Waals surface area contributed by atoms with Crippen molar-refractivity contribution >= 4 is 0 Å². The van der Waals surface area contributed by atoms with Gasteiger partial charge >= 0.3 is 0 Å². The Balaban J connectivity index is 1.66. The van der Waals surface area contributed by atoms with Crippen LogP contribution in [0.4, 0.5) is 0 Å². The number of nitrogens with one attached hydrogen (secondary N) is 2. The number of nitrogens with zero attached hydrogens (tertiary/aromatic N) is 8. The topological polar surface area (TPSA) is 135 Å². The van der Waals surface area contributed by atoms with E-state index in [0.717, 1.165) is 0 Å². The van der Waals surface area contributed by atoms with Gasteiger partial charge in [0.15, 0.2) is 11.6 Å². The molecule has 10 heteroatoms. The molecule has 4 rings (SSSR count). The minimum absolute atomic E-state index is 0.431. The Morgan fingerprint density at radius 3 is 1.55 bits per heavy atom. The molecule has 0 atom stereocenters. The second-order valence-electron chi connectivity index (χ2n) is 4.20. The summed E-state index contributed by atoms with van der Waals surface area (Å²) in [5.41, 5.74) is 1.14. The lowest BCUT2D eigenvalue weighted by Crippen LogP contribution is -1.87. The lowest BCUT2D eigenvalue weighted by atomic mass is 10.4. The van der Waals surface area contributed by atoms with Crippen molar-refractivity contribution in [3.63, 3.8) is 0 Å². The van der Waals surface area contributed by atoms with Crippen LogP contribution in [0, 0.1) is 0 Å². The maximum Gasteiger partial charge on any atom is 0.201 e. The maximum absolute atomic E-state index is 4.32. The summed E-state index contributed by atoms with van der Waals surface area (Å²) < 4.78 is 0. The van der Waals surface area contributed by atoms with Crippen molar-refractivity contribution in [1.82, 2.24) is 50.3 Å². The molecule has 0 aromatic carbocycles. The van der Waals surface area contributed by atoms with Gasteiger partial charge in [-0.15, -0.1) is 0 Å². The second kappa shape index (κ2) is 5.09. The summed E-state index contributed by atoms with van der Waals surface area (Å²) in [7, 11) is 0. The van der Waals surface area contributed by atoms with Crippen LogP contribution in [-0.2, 0) is 0 Å². The molecule has 0 unspecified atom stereocenters. The van der Waals surface area contributed by atoms with E-state index in [2.05, 4.69) is 50.3 Å². The second-order valence-corrected chi connectivity index (χ2v) is 4.20. The first kappa shape index (κ1) is 12.2. The number of rotatable bonds is 3. The van der Waals surface area contributed by atoms with Crippen LogP contribution in [0.5, 0.6) is 0 Å². The summed E-state index contributed by atoms with van der Waals surface area (Å²) in [6, 6.07) is 0. The molecule has 0 aliphatic carbocycles. The van der Waals surface area contributed by atoms with Gasteiger partial charge in [0, 0.05) is 24.8 Å². The van der Waals surface area contributed by atoms with Crippen molar-refractivity contribution in [3.8, 4) is 34.7 Å².